The molecule has 74 heavy (non-hydrogen) atoms. The van der Waals surface area contributed by atoms with Gasteiger partial charge >= 0.3 is 7.82 Å². The molecule has 2 aliphatic heterocycles. The standard InChI is InChI=1S/C48H67N14O11P/c1-2-3-4-5-6-7-8-9-10-11-12-13-14-15-16-17-22-68-25-34(60-24-33(23-49)58-59-60)26-69-74(67,70-27-37-41(63)43(65)47(29-50,72-37)39-20-18-35-45(52)54-31-56-61(35)39)71-28-38-42(64)44(66)48(30-51,73-38)40-21-19-36-46(53)55-32-57-62(36)40/h18-21,24,31-32,34,37-38,41-44,63-66H,2-17,22,25-28H2,1H3,(H2,52,54,56)(H2,53,55,57)/t34-,37-,38-,41-,42-,43-,44-,47+,48+/m1/s1. The first-order chi connectivity index (χ1) is 35.8. The Hall–Kier alpha value is -5.72. The van der Waals surface area contributed by atoms with Gasteiger partial charge in [0.05, 0.1) is 44.0 Å². The lowest BCUT2D eigenvalue weighted by Gasteiger charge is -2.26. The number of nitriles is 3. The lowest BCUT2D eigenvalue weighted by molar-refractivity contribution is -0.0747. The largest absolute Gasteiger partial charge is 0.475 e. The highest BCUT2D eigenvalue weighted by Crippen LogP contribution is 2.53. The second-order valence-corrected chi connectivity index (χ2v) is 20.4. The summed E-state index contributed by atoms with van der Waals surface area (Å²) in [6, 6.07) is 10.7. The molecule has 2 aliphatic rings. The molecular formula is C48H67N14O11P. The van der Waals surface area contributed by atoms with Gasteiger partial charge in [0.2, 0.25) is 11.2 Å². The summed E-state index contributed by atoms with van der Waals surface area (Å²) in [5, 5.41) is 92.1. The maximum Gasteiger partial charge on any atom is 0.475 e. The van der Waals surface area contributed by atoms with E-state index in [0.717, 1.165) is 38.3 Å². The average Bonchev–Trinajstić information content (AvgIpc) is 4.26. The molecule has 0 bridgehead atoms. The van der Waals surface area contributed by atoms with Crippen LogP contribution in [0.5, 0.6) is 0 Å². The van der Waals surface area contributed by atoms with Crippen molar-refractivity contribution in [1.29, 1.82) is 15.8 Å². The number of unbranched alkanes of at least 4 members (excludes halogenated alkanes) is 15. The van der Waals surface area contributed by atoms with Crippen LogP contribution in [0.15, 0.2) is 43.1 Å². The number of rotatable bonds is 31. The number of nitrogens with two attached hydrogens (primary N) is 2. The molecule has 8 N–H and O–H groups in total. The Balaban J connectivity index is 0.998. The average molecular weight is 1050 g/mol. The van der Waals surface area contributed by atoms with Gasteiger partial charge in [-0.05, 0) is 30.7 Å². The minimum absolute atomic E-state index is 0.00218. The zero-order chi connectivity index (χ0) is 52.7. The third-order valence-corrected chi connectivity index (χ3v) is 15.0. The number of hydrogen-bond donors (Lipinski definition) is 6. The van der Waals surface area contributed by atoms with Crippen LogP contribution in [-0.4, -0.2) is 134 Å². The normalized spacial score (nSPS) is 24.4. The van der Waals surface area contributed by atoms with Crippen LogP contribution in [0.3, 0.4) is 0 Å². The number of nitrogen functional groups attached to an aromatic ring is 2. The molecule has 0 unspecified atom stereocenters. The van der Waals surface area contributed by atoms with E-state index in [1.807, 2.05) is 18.2 Å². The molecule has 0 saturated carbocycles. The monoisotopic (exact) mass is 1050 g/mol. The van der Waals surface area contributed by atoms with E-state index in [0.29, 0.717) is 6.61 Å². The van der Waals surface area contributed by atoms with Crippen molar-refractivity contribution in [2.75, 3.05) is 44.5 Å². The molecule has 0 amide bonds. The second-order valence-electron chi connectivity index (χ2n) is 18.8. The Morgan fingerprint density at radius 1 is 0.689 bits per heavy atom. The van der Waals surface area contributed by atoms with Crippen LogP contribution in [0.4, 0.5) is 11.6 Å². The molecule has 5 aromatic heterocycles. The number of phosphoric ester groups is 1. The number of phosphoric acid groups is 1. The number of ether oxygens (including phenoxy) is 3. The highest BCUT2D eigenvalue weighted by Gasteiger charge is 2.59. The van der Waals surface area contributed by atoms with Gasteiger partial charge in [-0.25, -0.2) is 28.2 Å². The Morgan fingerprint density at radius 2 is 1.15 bits per heavy atom. The summed E-state index contributed by atoms with van der Waals surface area (Å²) in [5.74, 6) is 0.134. The van der Waals surface area contributed by atoms with E-state index in [-0.39, 0.29) is 46.4 Å². The quantitative estimate of drug-likeness (QED) is 0.0263. The third kappa shape index (κ3) is 12.7. The molecule has 0 radical (unpaired) electrons. The van der Waals surface area contributed by atoms with Crippen LogP contribution < -0.4 is 11.5 Å². The van der Waals surface area contributed by atoms with Gasteiger partial charge in [-0.1, -0.05) is 108 Å². The Morgan fingerprint density at radius 3 is 1.58 bits per heavy atom. The molecule has 9 atom stereocenters. The topological polar surface area (TPSA) is 368 Å². The van der Waals surface area contributed by atoms with Crippen molar-refractivity contribution >= 4 is 30.5 Å². The van der Waals surface area contributed by atoms with Crippen molar-refractivity contribution in [2.45, 2.75) is 164 Å². The molecule has 26 heteroatoms. The van der Waals surface area contributed by atoms with E-state index in [1.54, 1.807) is 0 Å². The van der Waals surface area contributed by atoms with Crippen molar-refractivity contribution in [1.82, 2.24) is 44.2 Å². The number of aromatic nitrogens is 9. The smallest absolute Gasteiger partial charge is 0.387 e. The molecular weight excluding hydrogens is 980 g/mol. The van der Waals surface area contributed by atoms with Crippen molar-refractivity contribution < 1.29 is 52.8 Å². The molecule has 400 valence electrons. The van der Waals surface area contributed by atoms with Gasteiger partial charge in [0, 0.05) is 6.61 Å². The number of nitrogens with zero attached hydrogens (tertiary/aromatic N) is 12. The summed E-state index contributed by atoms with van der Waals surface area (Å²) < 4.78 is 54.3. The van der Waals surface area contributed by atoms with E-state index >= 15 is 0 Å². The van der Waals surface area contributed by atoms with Crippen LogP contribution in [0, 0.1) is 34.0 Å². The minimum atomic E-state index is -4.96. The maximum absolute atomic E-state index is 14.9. The van der Waals surface area contributed by atoms with Crippen LogP contribution in [0.25, 0.3) is 11.0 Å². The van der Waals surface area contributed by atoms with Gasteiger partial charge in [0.15, 0.2) is 17.3 Å². The number of fused-ring (bicyclic) bond motifs is 2. The predicted octanol–water partition coefficient (Wildman–Crippen LogP) is 4.46. The van der Waals surface area contributed by atoms with Gasteiger partial charge in [-0.2, -0.15) is 26.0 Å². The van der Waals surface area contributed by atoms with E-state index in [4.69, 9.17) is 39.2 Å². The van der Waals surface area contributed by atoms with Crippen molar-refractivity contribution in [3.05, 3.63) is 60.2 Å². The SMILES string of the molecule is CCCCCCCCCCCCCCCCCCOC[C@H](COP(=O)(OC[C@H]1O[C@@](C#N)(c2ccc3c(N)ncnn23)[C@H](O)[C@@H]1O)OC[C@H]1O[C@@](C#N)(c2ccc3c(N)ncnn23)[C@H](O)[C@@H]1O)n1cc(C#N)nn1. The van der Waals surface area contributed by atoms with Gasteiger partial charge in [-0.15, -0.1) is 5.10 Å². The fourth-order valence-corrected chi connectivity index (χ4v) is 10.6. The van der Waals surface area contributed by atoms with Gasteiger partial charge < -0.3 is 46.1 Å². The molecule has 5 aromatic rings. The lowest BCUT2D eigenvalue weighted by atomic mass is 9.92. The molecule has 7 heterocycles. The molecule has 2 fully saturated rings. The summed E-state index contributed by atoms with van der Waals surface area (Å²) in [5.41, 5.74) is 8.07. The number of aliphatic hydroxyl groups excluding tert-OH is 4. The van der Waals surface area contributed by atoms with E-state index in [1.165, 1.54) is 121 Å². The summed E-state index contributed by atoms with van der Waals surface area (Å²) in [6.07, 6.45) is 12.6. The van der Waals surface area contributed by atoms with Crippen molar-refractivity contribution in [3.8, 4) is 18.2 Å². The Labute approximate surface area is 428 Å². The summed E-state index contributed by atoms with van der Waals surface area (Å²) in [6.45, 7) is 0.429. The van der Waals surface area contributed by atoms with Crippen molar-refractivity contribution in [2.24, 2.45) is 0 Å². The molecule has 0 aliphatic carbocycles. The summed E-state index contributed by atoms with van der Waals surface area (Å²) in [4.78, 5) is 7.88. The first kappa shape index (κ1) is 56.0. The Kier molecular flexibility index (Phi) is 19.8. The molecule has 7 rings (SSSR count). The summed E-state index contributed by atoms with van der Waals surface area (Å²) in [7, 11) is -4.96. The first-order valence-corrected chi connectivity index (χ1v) is 26.8. The van der Waals surface area contributed by atoms with E-state index in [9.17, 15) is 40.8 Å². The zero-order valence-electron chi connectivity index (χ0n) is 41.5. The first-order valence-electron chi connectivity index (χ1n) is 25.4. The number of anilines is 2. The molecule has 2 saturated heterocycles. The number of aliphatic hydroxyl groups is 4. The van der Waals surface area contributed by atoms with Gasteiger partial charge in [0.1, 0.15) is 84.6 Å². The van der Waals surface area contributed by atoms with Crippen LogP contribution in [0.1, 0.15) is 133 Å². The van der Waals surface area contributed by atoms with E-state index in [2.05, 4.69) is 37.4 Å². The second kappa shape index (κ2) is 26.2. The predicted molar refractivity (Wildman–Crippen MR) is 263 cm³/mol. The Bertz CT molecular complexity index is 2640. The van der Waals surface area contributed by atoms with Gasteiger partial charge in [-0.3, -0.25) is 13.6 Å². The fourth-order valence-electron chi connectivity index (χ4n) is 9.40. The third-order valence-electron chi connectivity index (χ3n) is 13.6. The molecule has 0 spiro atoms. The maximum atomic E-state index is 14.9. The summed E-state index contributed by atoms with van der Waals surface area (Å²) >= 11 is 0. The fraction of sp³-hybridized carbons (Fsp3) is 0.646. The number of hydrogen-bond acceptors (Lipinski definition) is 22. The highest BCUT2D eigenvalue weighted by atomic mass is 31.2. The lowest BCUT2D eigenvalue weighted by Crippen LogP contribution is -2.41. The van der Waals surface area contributed by atoms with Crippen molar-refractivity contribution in [3.63, 3.8) is 0 Å². The van der Waals surface area contributed by atoms with Crippen LogP contribution in [0.2, 0.25) is 0 Å². The highest BCUT2D eigenvalue weighted by molar-refractivity contribution is 7.48. The molecule has 25 nitrogen and oxygen atoms in total. The van der Waals surface area contributed by atoms with Crippen LogP contribution in [-0.2, 0) is 43.5 Å². The molecule has 0 aromatic carbocycles. The van der Waals surface area contributed by atoms with Crippen LogP contribution >= 0.6 is 7.82 Å². The zero-order valence-corrected chi connectivity index (χ0v) is 42.4. The minimum Gasteiger partial charge on any atom is -0.387 e. The van der Waals surface area contributed by atoms with Gasteiger partial charge in [0.25, 0.3) is 0 Å². The van der Waals surface area contributed by atoms with E-state index < -0.39 is 81.5 Å².